The molecule has 0 fully saturated rings. The van der Waals surface area contributed by atoms with E-state index in [1.54, 1.807) is 62.8 Å². The minimum atomic E-state index is -3.71. The van der Waals surface area contributed by atoms with Crippen LogP contribution in [-0.4, -0.2) is 44.3 Å². The average molecular weight is 422 g/mol. The molecule has 8 nitrogen and oxygen atoms in total. The lowest BCUT2D eigenvalue weighted by molar-refractivity contribution is 0.394. The third-order valence-corrected chi connectivity index (χ3v) is 5.76. The number of ether oxygens (including phenoxy) is 2. The summed E-state index contributed by atoms with van der Waals surface area (Å²) in [5.41, 5.74) is 0.635. The lowest BCUT2D eigenvalue weighted by atomic mass is 10.2. The summed E-state index contributed by atoms with van der Waals surface area (Å²) in [5, 5.41) is 8.18. The van der Waals surface area contributed by atoms with E-state index >= 15 is 0 Å². The highest BCUT2D eigenvalue weighted by Crippen LogP contribution is 2.30. The number of thioether (sulfide) groups is 1. The molecule has 10 heteroatoms. The Balaban J connectivity index is 1.61. The van der Waals surface area contributed by atoms with Crippen LogP contribution < -0.4 is 13.7 Å². The van der Waals surface area contributed by atoms with E-state index in [2.05, 4.69) is 10.2 Å². The maximum absolute atomic E-state index is 12.0. The van der Waals surface area contributed by atoms with Crippen LogP contribution in [0.2, 0.25) is 0 Å². The minimum absolute atomic E-state index is 0.197. The van der Waals surface area contributed by atoms with E-state index in [0.717, 1.165) is 11.8 Å². The Hall–Kier alpha value is -2.72. The Kier molecular flexibility index (Phi) is 6.42. The predicted octanol–water partition coefficient (Wildman–Crippen LogP) is 3.25. The average Bonchev–Trinajstić information content (AvgIpc) is 3.16. The number of benzene rings is 2. The summed E-state index contributed by atoms with van der Waals surface area (Å²) in [5.74, 6) is 1.75. The molecule has 1 heterocycles. The van der Waals surface area contributed by atoms with Gasteiger partial charge in [-0.2, -0.15) is 8.42 Å². The van der Waals surface area contributed by atoms with E-state index in [0.29, 0.717) is 17.1 Å². The first kappa shape index (κ1) is 20.0. The van der Waals surface area contributed by atoms with Crippen LogP contribution >= 0.6 is 11.8 Å². The molecule has 3 rings (SSSR count). The van der Waals surface area contributed by atoms with E-state index in [4.69, 9.17) is 18.1 Å². The Bertz CT molecular complexity index is 999. The molecule has 0 radical (unpaired) electrons. The first-order chi connectivity index (χ1) is 13.5. The topological polar surface area (TPSA) is 101 Å². The zero-order valence-corrected chi connectivity index (χ0v) is 16.8. The first-order valence-electron chi connectivity index (χ1n) is 8.16. The summed E-state index contributed by atoms with van der Waals surface area (Å²) in [6.45, 7) is 0. The highest BCUT2D eigenvalue weighted by atomic mass is 32.2. The molecule has 3 aromatic rings. The van der Waals surface area contributed by atoms with Crippen molar-refractivity contribution >= 4 is 21.9 Å². The standard InChI is InChI=1S/C18H18N2O6S2/c1-23-15-10-13(11-16(12-15)24-2)17-19-20-18(25-17)27-8-9-28(21,22)26-14-6-4-3-5-7-14/h3-7,10-12H,8-9H2,1-2H3. The molecule has 0 spiro atoms. The van der Waals surface area contributed by atoms with Crippen molar-refractivity contribution in [1.82, 2.24) is 10.2 Å². The number of aromatic nitrogens is 2. The number of nitrogens with zero attached hydrogens (tertiary/aromatic N) is 2. The van der Waals surface area contributed by atoms with Crippen LogP contribution in [0.25, 0.3) is 11.5 Å². The van der Waals surface area contributed by atoms with E-state index in [1.807, 2.05) is 0 Å². The number of hydrogen-bond acceptors (Lipinski definition) is 9. The minimum Gasteiger partial charge on any atom is -0.497 e. The van der Waals surface area contributed by atoms with Crippen molar-refractivity contribution in [3.63, 3.8) is 0 Å². The van der Waals surface area contributed by atoms with Gasteiger partial charge in [0.15, 0.2) is 0 Å². The lowest BCUT2D eigenvalue weighted by Crippen LogP contribution is -2.15. The van der Waals surface area contributed by atoms with Gasteiger partial charge in [0.05, 0.1) is 20.0 Å². The monoisotopic (exact) mass is 422 g/mol. The van der Waals surface area contributed by atoms with Gasteiger partial charge < -0.3 is 18.1 Å². The van der Waals surface area contributed by atoms with Crippen molar-refractivity contribution in [2.75, 3.05) is 25.7 Å². The SMILES string of the molecule is COc1cc(OC)cc(-c2nnc(SCCS(=O)(=O)Oc3ccccc3)o2)c1. The van der Waals surface area contributed by atoms with Crippen LogP contribution in [0.4, 0.5) is 0 Å². The summed E-state index contributed by atoms with van der Waals surface area (Å²) < 4.78 is 45.1. The number of hydrogen-bond donors (Lipinski definition) is 0. The maximum atomic E-state index is 12.0. The van der Waals surface area contributed by atoms with Gasteiger partial charge in [-0.05, 0) is 24.3 Å². The van der Waals surface area contributed by atoms with Crippen LogP contribution in [0.5, 0.6) is 17.2 Å². The van der Waals surface area contributed by atoms with Gasteiger partial charge in [0.2, 0.25) is 5.89 Å². The quantitative estimate of drug-likeness (QED) is 0.380. The highest BCUT2D eigenvalue weighted by Gasteiger charge is 2.16. The molecule has 0 aliphatic heterocycles. The molecule has 0 unspecified atom stereocenters. The zero-order chi connectivity index (χ0) is 20.0. The van der Waals surface area contributed by atoms with Gasteiger partial charge in [-0.1, -0.05) is 30.0 Å². The molecule has 0 atom stereocenters. The molecule has 2 aromatic carbocycles. The van der Waals surface area contributed by atoms with Crippen molar-refractivity contribution in [3.05, 3.63) is 48.5 Å². The second kappa shape index (κ2) is 8.98. The Morgan fingerprint density at radius 3 is 2.29 bits per heavy atom. The van der Waals surface area contributed by atoms with Crippen LogP contribution in [0, 0.1) is 0 Å². The van der Waals surface area contributed by atoms with E-state index < -0.39 is 10.1 Å². The highest BCUT2D eigenvalue weighted by molar-refractivity contribution is 8.00. The fourth-order valence-corrected chi connectivity index (χ4v) is 4.26. The molecule has 0 saturated heterocycles. The molecule has 0 aliphatic rings. The molecule has 1 aromatic heterocycles. The van der Waals surface area contributed by atoms with E-state index in [9.17, 15) is 8.42 Å². The second-order valence-corrected chi connectivity index (χ2v) is 8.22. The van der Waals surface area contributed by atoms with Gasteiger partial charge in [-0.25, -0.2) is 0 Å². The molecular formula is C18H18N2O6S2. The van der Waals surface area contributed by atoms with Gasteiger partial charge in [0, 0.05) is 17.4 Å². The van der Waals surface area contributed by atoms with Crippen molar-refractivity contribution in [2.24, 2.45) is 0 Å². The van der Waals surface area contributed by atoms with Crippen LogP contribution in [0.3, 0.4) is 0 Å². The maximum Gasteiger partial charge on any atom is 0.310 e. The third-order valence-electron chi connectivity index (χ3n) is 3.53. The van der Waals surface area contributed by atoms with E-state index in [1.165, 1.54) is 0 Å². The largest absolute Gasteiger partial charge is 0.497 e. The van der Waals surface area contributed by atoms with Gasteiger partial charge >= 0.3 is 10.1 Å². The normalized spacial score (nSPS) is 11.2. The molecule has 28 heavy (non-hydrogen) atoms. The van der Waals surface area contributed by atoms with Crippen molar-refractivity contribution in [2.45, 2.75) is 5.22 Å². The lowest BCUT2D eigenvalue weighted by Gasteiger charge is -2.06. The Morgan fingerprint density at radius 1 is 0.964 bits per heavy atom. The summed E-state index contributed by atoms with van der Waals surface area (Å²) in [4.78, 5) is 0. The summed E-state index contributed by atoms with van der Waals surface area (Å²) in [6, 6.07) is 13.5. The van der Waals surface area contributed by atoms with E-state index in [-0.39, 0.29) is 28.4 Å². The number of para-hydroxylation sites is 1. The molecular weight excluding hydrogens is 404 g/mol. The summed E-state index contributed by atoms with van der Waals surface area (Å²) in [6.07, 6.45) is 0. The molecule has 0 saturated carbocycles. The molecule has 0 N–H and O–H groups in total. The molecule has 148 valence electrons. The number of methoxy groups -OCH3 is 2. The van der Waals surface area contributed by atoms with Crippen molar-refractivity contribution in [3.8, 4) is 28.7 Å². The zero-order valence-electron chi connectivity index (χ0n) is 15.2. The Labute approximate surface area is 167 Å². The van der Waals surface area contributed by atoms with Crippen molar-refractivity contribution < 1.29 is 26.5 Å². The second-order valence-electron chi connectivity index (χ2n) is 5.48. The third kappa shape index (κ3) is 5.40. The van der Waals surface area contributed by atoms with Gasteiger partial charge in [0.25, 0.3) is 5.22 Å². The smallest absolute Gasteiger partial charge is 0.310 e. The summed E-state index contributed by atoms with van der Waals surface area (Å²) >= 11 is 1.13. The van der Waals surface area contributed by atoms with Crippen LogP contribution in [0.15, 0.2) is 58.2 Å². The van der Waals surface area contributed by atoms with Gasteiger partial charge in [-0.15, -0.1) is 10.2 Å². The molecule has 0 bridgehead atoms. The first-order valence-corrected chi connectivity index (χ1v) is 10.7. The molecule has 0 aliphatic carbocycles. The Morgan fingerprint density at radius 2 is 1.64 bits per heavy atom. The fraction of sp³-hybridized carbons (Fsp3) is 0.222. The van der Waals surface area contributed by atoms with Crippen LogP contribution in [-0.2, 0) is 10.1 Å². The fourth-order valence-electron chi connectivity index (χ4n) is 2.21. The predicted molar refractivity (Wildman–Crippen MR) is 104 cm³/mol. The van der Waals surface area contributed by atoms with Gasteiger partial charge in [0.1, 0.15) is 17.2 Å². The van der Waals surface area contributed by atoms with Gasteiger partial charge in [-0.3, -0.25) is 0 Å². The molecule has 0 amide bonds. The summed E-state index contributed by atoms with van der Waals surface area (Å²) in [7, 11) is -0.617. The van der Waals surface area contributed by atoms with Crippen LogP contribution in [0.1, 0.15) is 0 Å². The number of rotatable bonds is 9. The van der Waals surface area contributed by atoms with Crippen molar-refractivity contribution in [1.29, 1.82) is 0 Å².